The Hall–Kier alpha value is -1.77. The number of amides is 1. The van der Waals surface area contributed by atoms with E-state index in [0.29, 0.717) is 18.2 Å². The second-order valence-electron chi connectivity index (χ2n) is 6.21. The molecule has 1 N–H and O–H groups in total. The number of piperidine rings is 1. The molecule has 3 heterocycles. The molecule has 1 saturated heterocycles. The summed E-state index contributed by atoms with van der Waals surface area (Å²) in [5, 5.41) is 1.34. The molecule has 1 aromatic heterocycles. The maximum absolute atomic E-state index is 12.3. The summed E-state index contributed by atoms with van der Waals surface area (Å²) in [6.45, 7) is 3.19. The number of hydrogen-bond acceptors (Lipinski definition) is 1. The quantitative estimate of drug-likeness (QED) is 0.781. The van der Waals surface area contributed by atoms with Gasteiger partial charge in [-0.2, -0.15) is 0 Å². The van der Waals surface area contributed by atoms with Crippen molar-refractivity contribution in [1.82, 2.24) is 9.88 Å². The zero-order chi connectivity index (χ0) is 13.7. The van der Waals surface area contributed by atoms with Crippen LogP contribution in [0.2, 0.25) is 0 Å². The summed E-state index contributed by atoms with van der Waals surface area (Å²) in [4.78, 5) is 18.0. The predicted octanol–water partition coefficient (Wildman–Crippen LogP) is 3.41. The highest BCUT2D eigenvalue weighted by molar-refractivity contribution is 5.86. The Morgan fingerprint density at radius 1 is 1.25 bits per heavy atom. The van der Waals surface area contributed by atoms with Crippen LogP contribution in [0.4, 0.5) is 0 Å². The molecule has 4 rings (SSSR count). The normalized spacial score (nSPS) is 26.2. The summed E-state index contributed by atoms with van der Waals surface area (Å²) in [5.41, 5.74) is 3.95. The third-order valence-corrected chi connectivity index (χ3v) is 4.98. The first kappa shape index (κ1) is 12.0. The van der Waals surface area contributed by atoms with Gasteiger partial charge in [0, 0.05) is 29.6 Å². The number of para-hydroxylation sites is 1. The fourth-order valence-electron chi connectivity index (χ4n) is 3.99. The molecule has 20 heavy (non-hydrogen) atoms. The topological polar surface area (TPSA) is 36.1 Å². The number of nitrogens with zero attached hydrogens (tertiary/aromatic N) is 1. The van der Waals surface area contributed by atoms with E-state index < -0.39 is 0 Å². The molecule has 2 aliphatic rings. The van der Waals surface area contributed by atoms with Crippen molar-refractivity contribution >= 4 is 16.8 Å². The van der Waals surface area contributed by atoms with Crippen LogP contribution in [0.15, 0.2) is 24.3 Å². The number of benzene rings is 1. The van der Waals surface area contributed by atoms with Gasteiger partial charge in [-0.05, 0) is 36.8 Å². The van der Waals surface area contributed by atoms with E-state index in [-0.39, 0.29) is 6.04 Å². The van der Waals surface area contributed by atoms with E-state index in [4.69, 9.17) is 0 Å². The molecular formula is C17H20N2O. The third-order valence-electron chi connectivity index (χ3n) is 4.98. The Labute approximate surface area is 119 Å². The van der Waals surface area contributed by atoms with Crippen molar-refractivity contribution in [3.8, 4) is 0 Å². The highest BCUT2D eigenvalue weighted by Gasteiger charge is 2.38. The van der Waals surface area contributed by atoms with E-state index in [2.05, 4.69) is 41.1 Å². The molecule has 2 aliphatic heterocycles. The van der Waals surface area contributed by atoms with Crippen molar-refractivity contribution in [1.29, 1.82) is 0 Å². The molecule has 0 aliphatic carbocycles. The van der Waals surface area contributed by atoms with Gasteiger partial charge in [0.15, 0.2) is 0 Å². The molecule has 1 aromatic carbocycles. The molecule has 2 atom stereocenters. The summed E-state index contributed by atoms with van der Waals surface area (Å²) < 4.78 is 0. The summed E-state index contributed by atoms with van der Waals surface area (Å²) in [7, 11) is 0. The smallest absolute Gasteiger partial charge is 0.223 e. The van der Waals surface area contributed by atoms with E-state index in [0.717, 1.165) is 25.8 Å². The molecule has 0 unspecified atom stereocenters. The standard InChI is InChI=1S/C17H20N2O/c1-11-8-9-15(20)19-10-4-6-13-12-5-2-3-7-14(12)18-16(13)17(11)19/h2-3,5,7,11,17-18H,4,6,8-10H2,1H3/t11-,17-/m1/s1. The Bertz CT molecular complexity index is 673. The van der Waals surface area contributed by atoms with Gasteiger partial charge in [-0.15, -0.1) is 0 Å². The Morgan fingerprint density at radius 3 is 3.00 bits per heavy atom. The Kier molecular flexibility index (Phi) is 2.62. The number of rotatable bonds is 0. The lowest BCUT2D eigenvalue weighted by atomic mass is 9.87. The second-order valence-corrected chi connectivity index (χ2v) is 6.21. The molecule has 3 nitrogen and oxygen atoms in total. The molecule has 104 valence electrons. The monoisotopic (exact) mass is 268 g/mol. The largest absolute Gasteiger partial charge is 0.356 e. The van der Waals surface area contributed by atoms with E-state index in [1.165, 1.54) is 22.2 Å². The predicted molar refractivity (Wildman–Crippen MR) is 79.5 cm³/mol. The number of hydrogen-bond donors (Lipinski definition) is 1. The van der Waals surface area contributed by atoms with Crippen LogP contribution in [0.5, 0.6) is 0 Å². The second kappa shape index (κ2) is 4.37. The van der Waals surface area contributed by atoms with E-state index in [1.54, 1.807) is 0 Å². The Morgan fingerprint density at radius 2 is 2.10 bits per heavy atom. The first-order chi connectivity index (χ1) is 9.75. The van der Waals surface area contributed by atoms with Crippen LogP contribution in [0, 0.1) is 5.92 Å². The number of aromatic amines is 1. The first-order valence-corrected chi connectivity index (χ1v) is 7.64. The van der Waals surface area contributed by atoms with Crippen LogP contribution in [-0.2, 0) is 11.2 Å². The SMILES string of the molecule is C[C@@H]1CCC(=O)N2CCCc3c([nH]c4ccccc34)[C@@H]12. The van der Waals surface area contributed by atoms with Crippen LogP contribution >= 0.6 is 0 Å². The molecule has 0 spiro atoms. The molecule has 1 fully saturated rings. The Balaban J connectivity index is 1.92. The van der Waals surface area contributed by atoms with Crippen molar-refractivity contribution < 1.29 is 4.79 Å². The van der Waals surface area contributed by atoms with Crippen molar-refractivity contribution in [2.45, 2.75) is 38.6 Å². The van der Waals surface area contributed by atoms with Crippen molar-refractivity contribution in [3.63, 3.8) is 0 Å². The number of carbonyl (C=O) groups is 1. The highest BCUT2D eigenvalue weighted by Crippen LogP contribution is 2.41. The molecule has 0 bridgehead atoms. The average Bonchev–Trinajstić information content (AvgIpc) is 2.70. The van der Waals surface area contributed by atoms with Gasteiger partial charge in [-0.3, -0.25) is 4.79 Å². The molecular weight excluding hydrogens is 248 g/mol. The minimum absolute atomic E-state index is 0.251. The van der Waals surface area contributed by atoms with Crippen LogP contribution in [-0.4, -0.2) is 22.3 Å². The number of H-pyrrole nitrogens is 1. The number of aryl methyl sites for hydroxylation is 1. The highest BCUT2D eigenvalue weighted by atomic mass is 16.2. The number of fused-ring (bicyclic) bond motifs is 5. The van der Waals surface area contributed by atoms with Crippen LogP contribution in [0.1, 0.15) is 43.5 Å². The van der Waals surface area contributed by atoms with E-state index in [1.807, 2.05) is 0 Å². The number of aromatic nitrogens is 1. The third kappa shape index (κ3) is 1.62. The van der Waals surface area contributed by atoms with Gasteiger partial charge < -0.3 is 9.88 Å². The number of nitrogens with one attached hydrogen (secondary N) is 1. The zero-order valence-electron chi connectivity index (χ0n) is 11.9. The van der Waals surface area contributed by atoms with Crippen molar-refractivity contribution in [2.24, 2.45) is 5.92 Å². The molecule has 0 saturated carbocycles. The molecule has 2 aromatic rings. The van der Waals surface area contributed by atoms with Crippen LogP contribution < -0.4 is 0 Å². The van der Waals surface area contributed by atoms with Crippen molar-refractivity contribution in [3.05, 3.63) is 35.5 Å². The minimum Gasteiger partial charge on any atom is -0.356 e. The van der Waals surface area contributed by atoms with Crippen LogP contribution in [0.25, 0.3) is 10.9 Å². The molecule has 0 radical (unpaired) electrons. The number of carbonyl (C=O) groups excluding carboxylic acids is 1. The lowest BCUT2D eigenvalue weighted by molar-refractivity contribution is -0.138. The van der Waals surface area contributed by atoms with Gasteiger partial charge >= 0.3 is 0 Å². The van der Waals surface area contributed by atoms with Gasteiger partial charge in [0.2, 0.25) is 5.91 Å². The maximum Gasteiger partial charge on any atom is 0.223 e. The van der Waals surface area contributed by atoms with Crippen molar-refractivity contribution in [2.75, 3.05) is 6.54 Å². The zero-order valence-corrected chi connectivity index (χ0v) is 11.9. The summed E-state index contributed by atoms with van der Waals surface area (Å²) >= 11 is 0. The summed E-state index contributed by atoms with van der Waals surface area (Å²) in [6.07, 6.45) is 3.87. The lowest BCUT2D eigenvalue weighted by Gasteiger charge is -2.38. The van der Waals surface area contributed by atoms with Gasteiger partial charge in [0.1, 0.15) is 0 Å². The summed E-state index contributed by atoms with van der Waals surface area (Å²) in [6, 6.07) is 8.78. The first-order valence-electron chi connectivity index (χ1n) is 7.64. The molecule has 1 amide bonds. The van der Waals surface area contributed by atoms with E-state index >= 15 is 0 Å². The van der Waals surface area contributed by atoms with Gasteiger partial charge in [-0.25, -0.2) is 0 Å². The summed E-state index contributed by atoms with van der Waals surface area (Å²) in [5.74, 6) is 0.872. The lowest BCUT2D eigenvalue weighted by Crippen LogP contribution is -2.42. The van der Waals surface area contributed by atoms with Gasteiger partial charge in [0.25, 0.3) is 0 Å². The average molecular weight is 268 g/mol. The van der Waals surface area contributed by atoms with Crippen LogP contribution in [0.3, 0.4) is 0 Å². The fourth-order valence-corrected chi connectivity index (χ4v) is 3.99. The maximum atomic E-state index is 12.3. The molecule has 3 heteroatoms. The van der Waals surface area contributed by atoms with E-state index in [9.17, 15) is 4.79 Å². The van der Waals surface area contributed by atoms with Gasteiger partial charge in [0.05, 0.1) is 6.04 Å². The van der Waals surface area contributed by atoms with Gasteiger partial charge in [-0.1, -0.05) is 25.1 Å². The fraction of sp³-hybridized carbons (Fsp3) is 0.471. The minimum atomic E-state index is 0.251.